The van der Waals surface area contributed by atoms with E-state index in [9.17, 15) is 9.18 Å². The Balaban J connectivity index is 2.24. The number of rotatable bonds is 3. The molecule has 2 rings (SSSR count). The van der Waals surface area contributed by atoms with Crippen molar-refractivity contribution < 1.29 is 13.9 Å². The lowest BCUT2D eigenvalue weighted by Crippen LogP contribution is -2.14. The summed E-state index contributed by atoms with van der Waals surface area (Å²) in [6.07, 6.45) is 0. The van der Waals surface area contributed by atoms with Crippen LogP contribution in [0.5, 0.6) is 5.75 Å². The molecule has 1 amide bonds. The SMILES string of the molecule is COc1ccc(NC(=O)c2cccc(Br)c2F)cc1Cl. The van der Waals surface area contributed by atoms with Crippen molar-refractivity contribution in [3.8, 4) is 5.75 Å². The number of benzene rings is 2. The van der Waals surface area contributed by atoms with E-state index in [1.165, 1.54) is 25.3 Å². The van der Waals surface area contributed by atoms with Crippen LogP contribution in [0.1, 0.15) is 10.4 Å². The van der Waals surface area contributed by atoms with E-state index < -0.39 is 11.7 Å². The van der Waals surface area contributed by atoms with Crippen LogP contribution in [0.25, 0.3) is 0 Å². The van der Waals surface area contributed by atoms with E-state index in [0.717, 1.165) is 0 Å². The molecule has 2 aromatic carbocycles. The molecule has 0 radical (unpaired) electrons. The first-order valence-electron chi connectivity index (χ1n) is 5.62. The van der Waals surface area contributed by atoms with E-state index in [4.69, 9.17) is 16.3 Å². The average Bonchev–Trinajstić information content (AvgIpc) is 2.42. The Morgan fingerprint density at radius 1 is 1.35 bits per heavy atom. The van der Waals surface area contributed by atoms with Gasteiger partial charge in [0, 0.05) is 5.69 Å². The predicted octanol–water partition coefficient (Wildman–Crippen LogP) is 4.50. The molecule has 0 atom stereocenters. The van der Waals surface area contributed by atoms with Crippen molar-refractivity contribution in [3.05, 3.63) is 57.3 Å². The van der Waals surface area contributed by atoms with Gasteiger partial charge >= 0.3 is 0 Å². The fourth-order valence-corrected chi connectivity index (χ4v) is 2.25. The first kappa shape index (κ1) is 14.8. The summed E-state index contributed by atoms with van der Waals surface area (Å²) in [5.41, 5.74) is 0.409. The van der Waals surface area contributed by atoms with E-state index in [1.807, 2.05) is 0 Å². The highest BCUT2D eigenvalue weighted by Gasteiger charge is 2.14. The van der Waals surface area contributed by atoms with Crippen molar-refractivity contribution in [1.29, 1.82) is 0 Å². The molecular formula is C14H10BrClFNO2. The Morgan fingerprint density at radius 3 is 2.75 bits per heavy atom. The van der Waals surface area contributed by atoms with Crippen LogP contribution in [0.3, 0.4) is 0 Å². The van der Waals surface area contributed by atoms with Gasteiger partial charge < -0.3 is 10.1 Å². The van der Waals surface area contributed by atoms with Crippen molar-refractivity contribution in [2.45, 2.75) is 0 Å². The van der Waals surface area contributed by atoms with E-state index in [0.29, 0.717) is 16.5 Å². The zero-order valence-electron chi connectivity index (χ0n) is 10.4. The molecule has 6 heteroatoms. The monoisotopic (exact) mass is 357 g/mol. The highest BCUT2D eigenvalue weighted by Crippen LogP contribution is 2.27. The van der Waals surface area contributed by atoms with Gasteiger partial charge in [0.2, 0.25) is 0 Å². The molecule has 0 heterocycles. The number of halogens is 3. The number of anilines is 1. The zero-order valence-corrected chi connectivity index (χ0v) is 12.8. The lowest BCUT2D eigenvalue weighted by molar-refractivity contribution is 0.102. The highest BCUT2D eigenvalue weighted by molar-refractivity contribution is 9.10. The molecule has 0 aliphatic heterocycles. The third kappa shape index (κ3) is 3.11. The van der Waals surface area contributed by atoms with E-state index in [-0.39, 0.29) is 10.0 Å². The maximum Gasteiger partial charge on any atom is 0.258 e. The van der Waals surface area contributed by atoms with Gasteiger partial charge in [0.05, 0.1) is 22.2 Å². The van der Waals surface area contributed by atoms with Crippen molar-refractivity contribution in [2.24, 2.45) is 0 Å². The van der Waals surface area contributed by atoms with Crippen LogP contribution in [0.15, 0.2) is 40.9 Å². The largest absolute Gasteiger partial charge is 0.495 e. The summed E-state index contributed by atoms with van der Waals surface area (Å²) in [6, 6.07) is 9.29. The van der Waals surface area contributed by atoms with Crippen molar-refractivity contribution in [2.75, 3.05) is 12.4 Å². The lowest BCUT2D eigenvalue weighted by atomic mass is 10.2. The molecule has 104 valence electrons. The van der Waals surface area contributed by atoms with Gasteiger partial charge in [-0.1, -0.05) is 17.7 Å². The third-order valence-corrected chi connectivity index (χ3v) is 3.51. The summed E-state index contributed by atoms with van der Waals surface area (Å²) >= 11 is 9.00. The Labute approximate surface area is 128 Å². The van der Waals surface area contributed by atoms with Crippen molar-refractivity contribution in [3.63, 3.8) is 0 Å². The van der Waals surface area contributed by atoms with E-state index in [2.05, 4.69) is 21.2 Å². The van der Waals surface area contributed by atoms with Crippen LogP contribution in [0.2, 0.25) is 5.02 Å². The molecule has 0 bridgehead atoms. The van der Waals surface area contributed by atoms with Crippen LogP contribution in [-0.2, 0) is 0 Å². The first-order valence-corrected chi connectivity index (χ1v) is 6.79. The quantitative estimate of drug-likeness (QED) is 0.877. The van der Waals surface area contributed by atoms with Crippen LogP contribution in [-0.4, -0.2) is 13.0 Å². The summed E-state index contributed by atoms with van der Waals surface area (Å²) in [7, 11) is 1.50. The van der Waals surface area contributed by atoms with Crippen LogP contribution in [0, 0.1) is 5.82 Å². The number of hydrogen-bond donors (Lipinski definition) is 1. The van der Waals surface area contributed by atoms with Gasteiger partial charge in [-0.2, -0.15) is 0 Å². The van der Waals surface area contributed by atoms with Gasteiger partial charge in [-0.25, -0.2) is 4.39 Å². The van der Waals surface area contributed by atoms with E-state index >= 15 is 0 Å². The lowest BCUT2D eigenvalue weighted by Gasteiger charge is -2.09. The number of carbonyl (C=O) groups is 1. The smallest absolute Gasteiger partial charge is 0.258 e. The van der Waals surface area contributed by atoms with Crippen LogP contribution >= 0.6 is 27.5 Å². The molecule has 2 aromatic rings. The number of hydrogen-bond acceptors (Lipinski definition) is 2. The minimum Gasteiger partial charge on any atom is -0.495 e. The first-order chi connectivity index (χ1) is 9.52. The summed E-state index contributed by atoms with van der Waals surface area (Å²) in [5.74, 6) is -0.659. The molecule has 0 saturated heterocycles. The second-order valence-electron chi connectivity index (χ2n) is 3.90. The maximum atomic E-state index is 13.8. The minimum absolute atomic E-state index is 0.0497. The predicted molar refractivity (Wildman–Crippen MR) is 80.1 cm³/mol. The molecule has 0 fully saturated rings. The number of ether oxygens (including phenoxy) is 1. The summed E-state index contributed by atoms with van der Waals surface area (Å²) < 4.78 is 19.0. The highest BCUT2D eigenvalue weighted by atomic mass is 79.9. The van der Waals surface area contributed by atoms with Crippen molar-refractivity contribution >= 4 is 39.1 Å². The molecule has 0 aliphatic rings. The standard InChI is InChI=1S/C14H10BrClFNO2/c1-20-12-6-5-8(7-11(12)16)18-14(19)9-3-2-4-10(15)13(9)17/h2-7H,1H3,(H,18,19). The Morgan fingerprint density at radius 2 is 2.10 bits per heavy atom. The van der Waals surface area contributed by atoms with Gasteiger partial charge in [0.1, 0.15) is 11.6 Å². The second kappa shape index (κ2) is 6.24. The molecule has 0 spiro atoms. The van der Waals surface area contributed by atoms with Gasteiger partial charge in [-0.3, -0.25) is 4.79 Å². The average molecular weight is 359 g/mol. The Hall–Kier alpha value is -1.59. The van der Waals surface area contributed by atoms with Gasteiger partial charge in [-0.15, -0.1) is 0 Å². The van der Waals surface area contributed by atoms with Gasteiger partial charge in [0.25, 0.3) is 5.91 Å². The number of carbonyl (C=O) groups excluding carboxylic acids is 1. The topological polar surface area (TPSA) is 38.3 Å². The summed E-state index contributed by atoms with van der Waals surface area (Å²) in [5, 5.41) is 2.94. The third-order valence-electron chi connectivity index (χ3n) is 2.61. The van der Waals surface area contributed by atoms with Crippen LogP contribution < -0.4 is 10.1 Å². The number of nitrogens with one attached hydrogen (secondary N) is 1. The van der Waals surface area contributed by atoms with Gasteiger partial charge in [-0.05, 0) is 46.3 Å². The number of methoxy groups -OCH3 is 1. The Bertz CT molecular complexity index is 664. The number of amides is 1. The normalized spacial score (nSPS) is 10.2. The zero-order chi connectivity index (χ0) is 14.7. The maximum absolute atomic E-state index is 13.8. The molecular weight excluding hydrogens is 349 g/mol. The van der Waals surface area contributed by atoms with Crippen LogP contribution in [0.4, 0.5) is 10.1 Å². The molecule has 1 N–H and O–H groups in total. The summed E-state index contributed by atoms with van der Waals surface area (Å²) in [4.78, 5) is 12.0. The molecule has 20 heavy (non-hydrogen) atoms. The molecule has 0 unspecified atom stereocenters. The fourth-order valence-electron chi connectivity index (χ4n) is 1.62. The Kier molecular flexibility index (Phi) is 4.62. The molecule has 3 nitrogen and oxygen atoms in total. The fraction of sp³-hybridized carbons (Fsp3) is 0.0714. The second-order valence-corrected chi connectivity index (χ2v) is 5.17. The molecule has 0 aromatic heterocycles. The molecule has 0 aliphatic carbocycles. The van der Waals surface area contributed by atoms with Crippen molar-refractivity contribution in [1.82, 2.24) is 0 Å². The molecule has 0 saturated carbocycles. The minimum atomic E-state index is -0.607. The summed E-state index contributed by atoms with van der Waals surface area (Å²) in [6.45, 7) is 0. The van der Waals surface area contributed by atoms with E-state index in [1.54, 1.807) is 18.2 Å². The van der Waals surface area contributed by atoms with Gasteiger partial charge in [0.15, 0.2) is 0 Å².